The lowest BCUT2D eigenvalue weighted by Crippen LogP contribution is -2.47. The topological polar surface area (TPSA) is 76.2 Å². The van der Waals surface area contributed by atoms with E-state index in [1.54, 1.807) is 12.5 Å². The number of amides is 1. The fourth-order valence-corrected chi connectivity index (χ4v) is 3.69. The largest absolute Gasteiger partial charge is 0.463 e. The number of nitrogens with zero attached hydrogens (tertiary/aromatic N) is 4. The molecule has 3 aromatic rings. The van der Waals surface area contributed by atoms with Gasteiger partial charge in [-0.15, -0.1) is 24.8 Å². The molecular formula is C20H27Cl2N5O2. The number of likely N-dealkylation sites (tertiary alicyclic amines) is 1. The van der Waals surface area contributed by atoms with Crippen molar-refractivity contribution >= 4 is 41.8 Å². The van der Waals surface area contributed by atoms with Gasteiger partial charge in [-0.3, -0.25) is 4.79 Å². The molecule has 0 bridgehead atoms. The van der Waals surface area contributed by atoms with E-state index < -0.39 is 0 Å². The molecule has 3 aromatic heterocycles. The number of carbonyl (C=O) groups is 1. The van der Waals surface area contributed by atoms with Crippen molar-refractivity contribution < 1.29 is 9.21 Å². The molecule has 9 heteroatoms. The number of carbonyl (C=O) groups excluding carboxylic acids is 1. The van der Waals surface area contributed by atoms with Crippen molar-refractivity contribution in [2.45, 2.75) is 38.8 Å². The summed E-state index contributed by atoms with van der Waals surface area (Å²) in [5.41, 5.74) is 2.00. The summed E-state index contributed by atoms with van der Waals surface area (Å²) in [5.74, 6) is 0.674. The number of furan rings is 1. The minimum absolute atomic E-state index is 0. The minimum atomic E-state index is 0. The molecule has 1 atom stereocenters. The Hall–Kier alpha value is -2.09. The zero-order chi connectivity index (χ0) is 19.0. The predicted molar refractivity (Wildman–Crippen MR) is 118 cm³/mol. The van der Waals surface area contributed by atoms with Crippen LogP contribution in [0.25, 0.3) is 22.5 Å². The highest BCUT2D eigenvalue weighted by Gasteiger charge is 2.27. The van der Waals surface area contributed by atoms with Crippen molar-refractivity contribution in [2.24, 2.45) is 0 Å². The van der Waals surface area contributed by atoms with E-state index in [9.17, 15) is 4.79 Å². The molecule has 0 aliphatic carbocycles. The summed E-state index contributed by atoms with van der Waals surface area (Å²) in [6.07, 6.45) is 5.46. The number of piperidine rings is 1. The second kappa shape index (κ2) is 9.61. The molecule has 4 rings (SSSR count). The molecule has 158 valence electrons. The molecule has 1 N–H and O–H groups in total. The number of fused-ring (bicyclic) bond motifs is 1. The van der Waals surface area contributed by atoms with Gasteiger partial charge in [-0.05, 0) is 51.9 Å². The van der Waals surface area contributed by atoms with Crippen LogP contribution in [0.5, 0.6) is 0 Å². The van der Waals surface area contributed by atoms with Crippen molar-refractivity contribution in [3.05, 3.63) is 36.2 Å². The highest BCUT2D eigenvalue weighted by molar-refractivity contribution is 6.06. The Morgan fingerprint density at radius 2 is 2.14 bits per heavy atom. The number of nitrogens with one attached hydrogen (secondary N) is 1. The molecule has 0 spiro atoms. The van der Waals surface area contributed by atoms with E-state index >= 15 is 0 Å². The van der Waals surface area contributed by atoms with Crippen molar-refractivity contribution in [3.8, 4) is 11.5 Å². The van der Waals surface area contributed by atoms with E-state index in [1.807, 2.05) is 34.8 Å². The Labute approximate surface area is 182 Å². The first-order valence-electron chi connectivity index (χ1n) is 9.47. The number of hydrogen-bond donors (Lipinski definition) is 1. The van der Waals surface area contributed by atoms with Crippen LogP contribution >= 0.6 is 24.8 Å². The minimum Gasteiger partial charge on any atom is -0.463 e. The van der Waals surface area contributed by atoms with Crippen LogP contribution in [0.3, 0.4) is 0 Å². The summed E-state index contributed by atoms with van der Waals surface area (Å²) in [7, 11) is 1.95. The molecule has 0 radical (unpaired) electrons. The average Bonchev–Trinajstić information content (AvgIpc) is 3.36. The van der Waals surface area contributed by atoms with Gasteiger partial charge in [0.2, 0.25) is 0 Å². The Morgan fingerprint density at radius 1 is 1.34 bits per heavy atom. The lowest BCUT2D eigenvalue weighted by molar-refractivity contribution is 0.0700. The molecule has 1 amide bonds. The number of hydrogen-bond acceptors (Lipinski definition) is 5. The Kier molecular flexibility index (Phi) is 7.68. The molecule has 0 saturated carbocycles. The van der Waals surface area contributed by atoms with Crippen LogP contribution in [-0.2, 0) is 0 Å². The monoisotopic (exact) mass is 439 g/mol. The van der Waals surface area contributed by atoms with Crippen molar-refractivity contribution in [1.82, 2.24) is 25.0 Å². The van der Waals surface area contributed by atoms with Gasteiger partial charge in [-0.1, -0.05) is 0 Å². The maximum absolute atomic E-state index is 13.4. The van der Waals surface area contributed by atoms with Crippen LogP contribution in [0.15, 0.2) is 35.1 Å². The summed E-state index contributed by atoms with van der Waals surface area (Å²) < 4.78 is 7.39. The van der Waals surface area contributed by atoms with Gasteiger partial charge >= 0.3 is 0 Å². The van der Waals surface area contributed by atoms with Gasteiger partial charge in [-0.2, -0.15) is 5.10 Å². The Bertz CT molecular complexity index is 955. The second-order valence-corrected chi connectivity index (χ2v) is 7.33. The zero-order valence-corrected chi connectivity index (χ0v) is 18.4. The summed E-state index contributed by atoms with van der Waals surface area (Å²) in [6, 6.07) is 6.00. The summed E-state index contributed by atoms with van der Waals surface area (Å²) >= 11 is 0. The van der Waals surface area contributed by atoms with Gasteiger partial charge in [0.05, 0.1) is 23.4 Å². The fourth-order valence-electron chi connectivity index (χ4n) is 3.69. The number of pyridine rings is 1. The van der Waals surface area contributed by atoms with Gasteiger partial charge < -0.3 is 14.6 Å². The molecule has 1 aliphatic heterocycles. The van der Waals surface area contributed by atoms with Gasteiger partial charge in [0, 0.05) is 25.2 Å². The molecular weight excluding hydrogens is 413 g/mol. The van der Waals surface area contributed by atoms with Crippen molar-refractivity contribution in [3.63, 3.8) is 0 Å². The van der Waals surface area contributed by atoms with E-state index in [2.05, 4.69) is 24.3 Å². The first-order chi connectivity index (χ1) is 13.1. The van der Waals surface area contributed by atoms with Gasteiger partial charge in [0.15, 0.2) is 11.4 Å². The molecule has 1 saturated heterocycles. The van der Waals surface area contributed by atoms with Crippen LogP contribution in [0, 0.1) is 0 Å². The quantitative estimate of drug-likeness (QED) is 0.665. The summed E-state index contributed by atoms with van der Waals surface area (Å²) in [5, 5.41) is 8.56. The maximum atomic E-state index is 13.4. The fraction of sp³-hybridized carbons (Fsp3) is 0.450. The number of aromatic nitrogens is 3. The average molecular weight is 440 g/mol. The van der Waals surface area contributed by atoms with E-state index in [0.717, 1.165) is 24.8 Å². The van der Waals surface area contributed by atoms with Gasteiger partial charge in [0.25, 0.3) is 5.91 Å². The summed E-state index contributed by atoms with van der Waals surface area (Å²) in [4.78, 5) is 20.0. The van der Waals surface area contributed by atoms with Gasteiger partial charge in [-0.25, -0.2) is 9.67 Å². The first-order valence-corrected chi connectivity index (χ1v) is 9.47. The number of halogens is 2. The molecule has 1 fully saturated rings. The van der Waals surface area contributed by atoms with E-state index in [1.165, 1.54) is 0 Å². The highest BCUT2D eigenvalue weighted by Crippen LogP contribution is 2.28. The number of rotatable bonds is 4. The lowest BCUT2D eigenvalue weighted by Gasteiger charge is -2.32. The van der Waals surface area contributed by atoms with E-state index in [-0.39, 0.29) is 36.8 Å². The van der Waals surface area contributed by atoms with Gasteiger partial charge in [0.1, 0.15) is 5.69 Å². The number of likely N-dealkylation sites (N-methyl/N-ethyl adjacent to an activating group) is 1. The predicted octanol–water partition coefficient (Wildman–Crippen LogP) is 3.94. The van der Waals surface area contributed by atoms with Crippen LogP contribution in [0.4, 0.5) is 0 Å². The van der Waals surface area contributed by atoms with Crippen molar-refractivity contribution in [1.29, 1.82) is 0 Å². The third-order valence-electron chi connectivity index (χ3n) is 5.18. The zero-order valence-electron chi connectivity index (χ0n) is 16.8. The van der Waals surface area contributed by atoms with Crippen molar-refractivity contribution in [2.75, 3.05) is 20.1 Å². The highest BCUT2D eigenvalue weighted by atomic mass is 35.5. The third-order valence-corrected chi connectivity index (χ3v) is 5.18. The Balaban J connectivity index is 0.00000150. The molecule has 1 unspecified atom stereocenters. The standard InChI is InChI=1S/C20H25N5O2.2ClH/c1-13(2)25-19-16(11-22-25)15(10-17(23-19)18-7-5-9-27-18)20(26)24-8-4-6-14(12-24)21-3;;/h5,7,9-11,13-14,21H,4,6,8,12H2,1-3H3;2*1H. The van der Waals surface area contributed by atoms with E-state index in [0.29, 0.717) is 35.3 Å². The second-order valence-electron chi connectivity index (χ2n) is 7.33. The van der Waals surface area contributed by atoms with Crippen LogP contribution in [-0.4, -0.2) is 51.8 Å². The van der Waals surface area contributed by atoms with E-state index in [4.69, 9.17) is 9.40 Å². The summed E-state index contributed by atoms with van der Waals surface area (Å²) in [6.45, 7) is 5.59. The smallest absolute Gasteiger partial charge is 0.254 e. The molecule has 1 aliphatic rings. The molecule has 4 heterocycles. The molecule has 7 nitrogen and oxygen atoms in total. The third kappa shape index (κ3) is 4.42. The van der Waals surface area contributed by atoms with Crippen LogP contribution in [0.2, 0.25) is 0 Å². The maximum Gasteiger partial charge on any atom is 0.254 e. The van der Waals surface area contributed by atoms with Crippen LogP contribution in [0.1, 0.15) is 43.1 Å². The lowest BCUT2D eigenvalue weighted by atomic mass is 10.0. The molecule has 29 heavy (non-hydrogen) atoms. The SMILES string of the molecule is CNC1CCCN(C(=O)c2cc(-c3ccco3)nc3c2cnn3C(C)C)C1.Cl.Cl. The normalized spacial score (nSPS) is 16.6. The molecule has 0 aromatic carbocycles. The first kappa shape index (κ1) is 23.2. The van der Waals surface area contributed by atoms with Crippen LogP contribution < -0.4 is 5.32 Å². The Morgan fingerprint density at radius 3 is 2.79 bits per heavy atom.